The van der Waals surface area contributed by atoms with Crippen LogP contribution in [0.1, 0.15) is 12.5 Å². The van der Waals surface area contributed by atoms with Crippen molar-refractivity contribution in [1.29, 1.82) is 0 Å². The molecule has 3 aromatic rings. The fourth-order valence-electron chi connectivity index (χ4n) is 2.37. The van der Waals surface area contributed by atoms with Gasteiger partial charge in [0.25, 0.3) is 11.9 Å². The molecule has 26 heavy (non-hydrogen) atoms. The number of methoxy groups -OCH3 is 1. The first-order valence-electron chi connectivity index (χ1n) is 7.49. The van der Waals surface area contributed by atoms with Gasteiger partial charge in [-0.05, 0) is 41.5 Å². The third kappa shape index (κ3) is 3.30. The number of ether oxygens (including phenoxy) is 1. The van der Waals surface area contributed by atoms with Crippen molar-refractivity contribution >= 4 is 22.2 Å². The Morgan fingerprint density at radius 2 is 1.58 bits per heavy atom. The first kappa shape index (κ1) is 17.7. The molecule has 0 atom stereocenters. The van der Waals surface area contributed by atoms with E-state index in [1.54, 1.807) is 26.2 Å². The van der Waals surface area contributed by atoms with E-state index in [2.05, 4.69) is 10.1 Å². The van der Waals surface area contributed by atoms with Crippen molar-refractivity contribution in [3.05, 3.63) is 65.5 Å². The fourth-order valence-corrected chi connectivity index (χ4v) is 2.37. The molecule has 4 nitrogen and oxygen atoms in total. The van der Waals surface area contributed by atoms with Crippen molar-refractivity contribution < 1.29 is 22.3 Å². The maximum Gasteiger partial charge on any atom is 0.254 e. The van der Waals surface area contributed by atoms with Crippen LogP contribution in [0.25, 0.3) is 10.8 Å². The van der Waals surface area contributed by atoms with Crippen LogP contribution < -0.4 is 10.2 Å². The lowest BCUT2D eigenvalue weighted by atomic mass is 10.0. The molecule has 1 heterocycles. The molecule has 3 rings (SSSR count). The molecule has 1 aromatic heterocycles. The highest BCUT2D eigenvalue weighted by Crippen LogP contribution is 2.24. The van der Waals surface area contributed by atoms with Crippen molar-refractivity contribution in [2.45, 2.75) is 6.92 Å². The van der Waals surface area contributed by atoms with Crippen LogP contribution in [0.2, 0.25) is 0 Å². The number of hydrazone groups is 1. The van der Waals surface area contributed by atoms with Crippen LogP contribution in [0.3, 0.4) is 0 Å². The average Bonchev–Trinajstić information content (AvgIpc) is 2.65. The zero-order valence-electron chi connectivity index (χ0n) is 13.8. The number of hydrogen-bond acceptors (Lipinski definition) is 4. The fraction of sp³-hybridized carbons (Fsp3) is 0.111. The van der Waals surface area contributed by atoms with Crippen LogP contribution >= 0.6 is 0 Å². The minimum atomic E-state index is -1.75. The Balaban J connectivity index is 1.92. The third-order valence-corrected chi connectivity index (χ3v) is 3.80. The Bertz CT molecular complexity index is 995. The standard InChI is InChI=1S/C18H13F4N3O/c1-9(24-25-16-14(19)17(21)23-18(22)15(16)20)10-3-4-12-8-13(26-2)6-5-11(12)7-10/h3-8H,1-2H3,(H,23,25)/b24-9-. The second kappa shape index (κ2) is 6.99. The highest BCUT2D eigenvalue weighted by Gasteiger charge is 2.20. The molecule has 0 amide bonds. The third-order valence-electron chi connectivity index (χ3n) is 3.80. The molecule has 0 saturated heterocycles. The molecule has 0 unspecified atom stereocenters. The summed E-state index contributed by atoms with van der Waals surface area (Å²) in [4.78, 5) is 2.48. The van der Waals surface area contributed by atoms with E-state index in [4.69, 9.17) is 4.74 Å². The monoisotopic (exact) mass is 363 g/mol. The molecule has 0 aliphatic rings. The minimum absolute atomic E-state index is 0.360. The van der Waals surface area contributed by atoms with E-state index < -0.39 is 29.2 Å². The summed E-state index contributed by atoms with van der Waals surface area (Å²) in [6, 6.07) is 10.9. The van der Waals surface area contributed by atoms with Gasteiger partial charge < -0.3 is 4.74 Å². The van der Waals surface area contributed by atoms with E-state index in [0.717, 1.165) is 10.8 Å². The van der Waals surface area contributed by atoms with E-state index in [1.807, 2.05) is 29.7 Å². The molecule has 0 radical (unpaired) electrons. The predicted octanol–water partition coefficient (Wildman–Crippen LogP) is 4.64. The van der Waals surface area contributed by atoms with Gasteiger partial charge in [0.1, 0.15) is 11.4 Å². The maximum absolute atomic E-state index is 13.6. The molecule has 134 valence electrons. The minimum Gasteiger partial charge on any atom is -0.497 e. The van der Waals surface area contributed by atoms with Gasteiger partial charge in [-0.15, -0.1) is 0 Å². The Morgan fingerprint density at radius 1 is 0.962 bits per heavy atom. The van der Waals surface area contributed by atoms with Crippen LogP contribution in [-0.4, -0.2) is 17.8 Å². The number of fused-ring (bicyclic) bond motifs is 1. The van der Waals surface area contributed by atoms with E-state index in [0.29, 0.717) is 17.0 Å². The highest BCUT2D eigenvalue weighted by atomic mass is 19.2. The van der Waals surface area contributed by atoms with Gasteiger partial charge in [0.15, 0.2) is 0 Å². The Hall–Kier alpha value is -3.16. The van der Waals surface area contributed by atoms with Crippen LogP contribution in [0.5, 0.6) is 5.75 Å². The van der Waals surface area contributed by atoms with Gasteiger partial charge in [0, 0.05) is 0 Å². The van der Waals surface area contributed by atoms with Gasteiger partial charge in [0.05, 0.1) is 12.8 Å². The molecule has 0 fully saturated rings. The topological polar surface area (TPSA) is 46.5 Å². The molecular formula is C18H13F4N3O. The number of nitrogens with one attached hydrogen (secondary N) is 1. The molecule has 8 heteroatoms. The molecule has 0 spiro atoms. The number of benzene rings is 2. The molecule has 0 aliphatic carbocycles. The average molecular weight is 363 g/mol. The summed E-state index contributed by atoms with van der Waals surface area (Å²) < 4.78 is 58.6. The highest BCUT2D eigenvalue weighted by molar-refractivity contribution is 6.02. The lowest BCUT2D eigenvalue weighted by Gasteiger charge is -2.08. The lowest BCUT2D eigenvalue weighted by molar-refractivity contribution is 0.411. The number of hydrogen-bond donors (Lipinski definition) is 1. The SMILES string of the molecule is COc1ccc2cc(/C(C)=N\Nc3c(F)c(F)nc(F)c3F)ccc2c1. The summed E-state index contributed by atoms with van der Waals surface area (Å²) in [7, 11) is 1.57. The van der Waals surface area contributed by atoms with Crippen LogP contribution in [0.15, 0.2) is 41.5 Å². The summed E-state index contributed by atoms with van der Waals surface area (Å²) in [6.07, 6.45) is 0. The zero-order chi connectivity index (χ0) is 18.8. The molecular weight excluding hydrogens is 350 g/mol. The second-order valence-corrected chi connectivity index (χ2v) is 5.43. The van der Waals surface area contributed by atoms with Gasteiger partial charge in [-0.25, -0.2) is 0 Å². The van der Waals surface area contributed by atoms with Crippen LogP contribution in [0.4, 0.5) is 23.2 Å². The van der Waals surface area contributed by atoms with Crippen molar-refractivity contribution in [2.75, 3.05) is 12.5 Å². The van der Waals surface area contributed by atoms with E-state index in [9.17, 15) is 17.6 Å². The number of nitrogens with zero attached hydrogens (tertiary/aromatic N) is 2. The molecule has 0 aliphatic heterocycles. The first-order valence-corrected chi connectivity index (χ1v) is 7.49. The van der Waals surface area contributed by atoms with E-state index >= 15 is 0 Å². The van der Waals surface area contributed by atoms with Crippen molar-refractivity contribution in [1.82, 2.24) is 4.98 Å². The Kier molecular flexibility index (Phi) is 4.75. The first-order chi connectivity index (χ1) is 12.4. The summed E-state index contributed by atoms with van der Waals surface area (Å²) in [5.74, 6) is -6.08. The van der Waals surface area contributed by atoms with Gasteiger partial charge in [-0.3, -0.25) is 5.43 Å². The van der Waals surface area contributed by atoms with Crippen molar-refractivity contribution in [2.24, 2.45) is 5.10 Å². The number of halogens is 4. The smallest absolute Gasteiger partial charge is 0.254 e. The second-order valence-electron chi connectivity index (χ2n) is 5.43. The summed E-state index contributed by atoms with van der Waals surface area (Å²) in [5.41, 5.74) is 2.00. The van der Waals surface area contributed by atoms with Gasteiger partial charge in [0.2, 0.25) is 11.6 Å². The zero-order valence-corrected chi connectivity index (χ0v) is 13.8. The lowest BCUT2D eigenvalue weighted by Crippen LogP contribution is -2.07. The maximum atomic E-state index is 13.6. The number of anilines is 1. The van der Waals surface area contributed by atoms with Crippen molar-refractivity contribution in [3.8, 4) is 5.75 Å². The van der Waals surface area contributed by atoms with E-state index in [-0.39, 0.29) is 0 Å². The normalized spacial score (nSPS) is 11.7. The number of pyridine rings is 1. The van der Waals surface area contributed by atoms with Crippen LogP contribution in [0, 0.1) is 23.5 Å². The van der Waals surface area contributed by atoms with E-state index in [1.165, 1.54) is 0 Å². The van der Waals surface area contributed by atoms with Gasteiger partial charge in [-0.2, -0.15) is 27.6 Å². The summed E-state index contributed by atoms with van der Waals surface area (Å²) >= 11 is 0. The van der Waals surface area contributed by atoms with Gasteiger partial charge >= 0.3 is 0 Å². The predicted molar refractivity (Wildman–Crippen MR) is 90.4 cm³/mol. The summed E-state index contributed by atoms with van der Waals surface area (Å²) in [5, 5.41) is 5.64. The molecule has 0 bridgehead atoms. The number of aromatic nitrogens is 1. The molecule has 1 N–H and O–H groups in total. The summed E-state index contributed by atoms with van der Waals surface area (Å²) in [6.45, 7) is 1.58. The van der Waals surface area contributed by atoms with Gasteiger partial charge in [-0.1, -0.05) is 18.2 Å². The largest absolute Gasteiger partial charge is 0.497 e. The molecule has 0 saturated carbocycles. The Morgan fingerprint density at radius 3 is 2.23 bits per heavy atom. The number of rotatable bonds is 4. The molecule has 2 aromatic carbocycles. The Labute approximate surface area is 146 Å². The quantitative estimate of drug-likeness (QED) is 0.318. The van der Waals surface area contributed by atoms with Crippen molar-refractivity contribution in [3.63, 3.8) is 0 Å². The van der Waals surface area contributed by atoms with Crippen LogP contribution in [-0.2, 0) is 0 Å².